The molecule has 1 heterocycles. The summed E-state index contributed by atoms with van der Waals surface area (Å²) in [5.74, 6) is -1.66. The van der Waals surface area contributed by atoms with Crippen LogP contribution in [0.4, 0.5) is 17.1 Å². The summed E-state index contributed by atoms with van der Waals surface area (Å²) in [6, 6.07) is 23.4. The highest BCUT2D eigenvalue weighted by molar-refractivity contribution is 7.20. The summed E-state index contributed by atoms with van der Waals surface area (Å²) >= 11 is 1.18. The fourth-order valence-corrected chi connectivity index (χ4v) is 4.17. The molecule has 8 nitrogen and oxygen atoms in total. The molecule has 3 amide bonds. The third-order valence-corrected chi connectivity index (χ3v) is 5.86. The SMILES string of the molecule is O=C(NO)c1cc2ccc(NC(C(=O)Nc3ccccc3)C(=O)Nc3ccccc3)cc2s1. The number of para-hydroxylation sites is 2. The minimum Gasteiger partial charge on any atom is -0.366 e. The van der Waals surface area contributed by atoms with Crippen LogP contribution in [0.1, 0.15) is 9.67 Å². The fourth-order valence-electron chi connectivity index (χ4n) is 3.18. The maximum atomic E-state index is 13.0. The molecule has 0 aliphatic rings. The van der Waals surface area contributed by atoms with Crippen LogP contribution in [0.5, 0.6) is 0 Å². The first-order chi connectivity index (χ1) is 16.0. The summed E-state index contributed by atoms with van der Waals surface area (Å²) in [6.45, 7) is 0. The highest BCUT2D eigenvalue weighted by Crippen LogP contribution is 2.28. The molecular weight excluding hydrogens is 440 g/mol. The molecule has 166 valence electrons. The lowest BCUT2D eigenvalue weighted by molar-refractivity contribution is -0.124. The number of fused-ring (bicyclic) bond motifs is 1. The Bertz CT molecular complexity index is 1240. The second kappa shape index (κ2) is 9.94. The van der Waals surface area contributed by atoms with E-state index >= 15 is 0 Å². The van der Waals surface area contributed by atoms with Crippen molar-refractivity contribution in [1.82, 2.24) is 5.48 Å². The summed E-state index contributed by atoms with van der Waals surface area (Å²) in [4.78, 5) is 38.1. The van der Waals surface area contributed by atoms with Gasteiger partial charge in [0.15, 0.2) is 6.04 Å². The van der Waals surface area contributed by atoms with Crippen molar-refractivity contribution in [2.45, 2.75) is 6.04 Å². The van der Waals surface area contributed by atoms with Gasteiger partial charge in [-0.3, -0.25) is 19.6 Å². The Kier molecular flexibility index (Phi) is 6.63. The number of anilines is 3. The molecule has 0 radical (unpaired) electrons. The summed E-state index contributed by atoms with van der Waals surface area (Å²) in [5, 5.41) is 18.2. The van der Waals surface area contributed by atoms with Crippen LogP contribution in [-0.2, 0) is 9.59 Å². The molecule has 1 aromatic heterocycles. The lowest BCUT2D eigenvalue weighted by Crippen LogP contribution is -2.44. The van der Waals surface area contributed by atoms with Crippen LogP contribution in [0, 0.1) is 0 Å². The number of hydrogen-bond donors (Lipinski definition) is 5. The van der Waals surface area contributed by atoms with Gasteiger partial charge in [-0.15, -0.1) is 11.3 Å². The van der Waals surface area contributed by atoms with Gasteiger partial charge in [0.2, 0.25) is 0 Å². The van der Waals surface area contributed by atoms with Crippen molar-refractivity contribution in [2.24, 2.45) is 0 Å². The third-order valence-electron chi connectivity index (χ3n) is 4.76. The van der Waals surface area contributed by atoms with E-state index in [0.29, 0.717) is 21.9 Å². The molecule has 0 spiro atoms. The Hall–Kier alpha value is -4.21. The van der Waals surface area contributed by atoms with Gasteiger partial charge in [0.1, 0.15) is 0 Å². The zero-order chi connectivity index (χ0) is 23.2. The number of amides is 3. The maximum Gasteiger partial charge on any atom is 0.284 e. The zero-order valence-corrected chi connectivity index (χ0v) is 18.1. The zero-order valence-electron chi connectivity index (χ0n) is 17.2. The molecule has 0 aliphatic carbocycles. The van der Waals surface area contributed by atoms with Gasteiger partial charge in [-0.05, 0) is 47.9 Å². The van der Waals surface area contributed by atoms with E-state index in [1.807, 2.05) is 12.1 Å². The second-order valence-corrected chi connectivity index (χ2v) is 8.18. The smallest absolute Gasteiger partial charge is 0.284 e. The number of thiophene rings is 1. The summed E-state index contributed by atoms with van der Waals surface area (Å²) in [5.41, 5.74) is 3.27. The minimum absolute atomic E-state index is 0.338. The predicted molar refractivity (Wildman–Crippen MR) is 129 cm³/mol. The lowest BCUT2D eigenvalue weighted by atomic mass is 10.1. The normalized spacial score (nSPS) is 10.6. The van der Waals surface area contributed by atoms with Gasteiger partial charge in [0.25, 0.3) is 17.7 Å². The van der Waals surface area contributed by atoms with E-state index in [9.17, 15) is 14.4 Å². The molecule has 0 atom stereocenters. The number of carbonyl (C=O) groups is 3. The number of hydrogen-bond acceptors (Lipinski definition) is 6. The van der Waals surface area contributed by atoms with E-state index < -0.39 is 23.8 Å². The van der Waals surface area contributed by atoms with Gasteiger partial charge in [-0.1, -0.05) is 42.5 Å². The van der Waals surface area contributed by atoms with E-state index in [1.54, 1.807) is 78.3 Å². The van der Waals surface area contributed by atoms with E-state index in [-0.39, 0.29) is 0 Å². The first-order valence-electron chi connectivity index (χ1n) is 10.00. The molecule has 0 fully saturated rings. The third kappa shape index (κ3) is 5.35. The topological polar surface area (TPSA) is 120 Å². The van der Waals surface area contributed by atoms with Crippen LogP contribution in [0.15, 0.2) is 84.9 Å². The van der Waals surface area contributed by atoms with Crippen molar-refractivity contribution in [1.29, 1.82) is 0 Å². The first kappa shape index (κ1) is 22.0. The van der Waals surface area contributed by atoms with Gasteiger partial charge < -0.3 is 16.0 Å². The van der Waals surface area contributed by atoms with Crippen molar-refractivity contribution in [3.8, 4) is 0 Å². The van der Waals surface area contributed by atoms with Crippen molar-refractivity contribution in [3.05, 3.63) is 89.8 Å². The highest BCUT2D eigenvalue weighted by atomic mass is 32.1. The Balaban J connectivity index is 1.59. The Labute approximate surface area is 193 Å². The van der Waals surface area contributed by atoms with Gasteiger partial charge in [-0.2, -0.15) is 0 Å². The molecule has 5 N–H and O–H groups in total. The molecular formula is C24H20N4O4S. The molecule has 0 saturated carbocycles. The summed E-state index contributed by atoms with van der Waals surface area (Å²) < 4.78 is 0.754. The lowest BCUT2D eigenvalue weighted by Gasteiger charge is -2.19. The minimum atomic E-state index is -1.23. The molecule has 0 aliphatic heterocycles. The largest absolute Gasteiger partial charge is 0.366 e. The molecule has 0 bridgehead atoms. The summed E-state index contributed by atoms with van der Waals surface area (Å²) in [6.07, 6.45) is 0. The standard InChI is InChI=1S/C24H20N4O4S/c29-22(28-32)20-13-15-11-12-18(14-19(15)33-20)25-21(23(30)26-16-7-3-1-4-8-16)24(31)27-17-9-5-2-6-10-17/h1-14,21,25,32H,(H,26,30)(H,27,31)(H,28,29). The quantitative estimate of drug-likeness (QED) is 0.162. The molecule has 0 unspecified atom stereocenters. The van der Waals surface area contributed by atoms with Crippen molar-refractivity contribution in [2.75, 3.05) is 16.0 Å². The van der Waals surface area contributed by atoms with Crippen LogP contribution >= 0.6 is 11.3 Å². The van der Waals surface area contributed by atoms with E-state index in [0.717, 1.165) is 10.1 Å². The Morgan fingerprint density at radius 3 is 1.85 bits per heavy atom. The van der Waals surface area contributed by atoms with Gasteiger partial charge >= 0.3 is 0 Å². The number of carbonyl (C=O) groups excluding carboxylic acids is 3. The fraction of sp³-hybridized carbons (Fsp3) is 0.0417. The molecule has 33 heavy (non-hydrogen) atoms. The van der Waals surface area contributed by atoms with Gasteiger partial charge in [0, 0.05) is 21.8 Å². The van der Waals surface area contributed by atoms with Crippen LogP contribution in [0.2, 0.25) is 0 Å². The van der Waals surface area contributed by atoms with Crippen molar-refractivity contribution in [3.63, 3.8) is 0 Å². The Morgan fingerprint density at radius 1 is 0.727 bits per heavy atom. The van der Waals surface area contributed by atoms with Gasteiger partial charge in [0.05, 0.1) is 4.88 Å². The van der Waals surface area contributed by atoms with E-state index in [2.05, 4.69) is 16.0 Å². The first-order valence-corrected chi connectivity index (χ1v) is 10.8. The summed E-state index contributed by atoms with van der Waals surface area (Å²) in [7, 11) is 0. The van der Waals surface area contributed by atoms with Crippen molar-refractivity contribution >= 4 is 56.2 Å². The monoisotopic (exact) mass is 460 g/mol. The number of benzene rings is 3. The number of hydroxylamine groups is 1. The van der Waals surface area contributed by atoms with Crippen molar-refractivity contribution < 1.29 is 19.6 Å². The molecule has 3 aromatic carbocycles. The highest BCUT2D eigenvalue weighted by Gasteiger charge is 2.27. The average molecular weight is 461 g/mol. The van der Waals surface area contributed by atoms with Crippen LogP contribution in [0.25, 0.3) is 10.1 Å². The van der Waals surface area contributed by atoms with Crippen LogP contribution in [0.3, 0.4) is 0 Å². The molecule has 0 saturated heterocycles. The Morgan fingerprint density at radius 2 is 1.30 bits per heavy atom. The predicted octanol–water partition coefficient (Wildman–Crippen LogP) is 4.08. The van der Waals surface area contributed by atoms with E-state index in [1.165, 1.54) is 11.3 Å². The van der Waals surface area contributed by atoms with Crippen LogP contribution in [-0.4, -0.2) is 29.0 Å². The molecule has 4 rings (SSSR count). The number of nitrogens with one attached hydrogen (secondary N) is 4. The molecule has 4 aromatic rings. The van der Waals surface area contributed by atoms with E-state index in [4.69, 9.17) is 5.21 Å². The average Bonchev–Trinajstić information content (AvgIpc) is 3.26. The number of rotatable bonds is 7. The van der Waals surface area contributed by atoms with Crippen LogP contribution < -0.4 is 21.4 Å². The molecule has 9 heteroatoms. The van der Waals surface area contributed by atoms with Gasteiger partial charge in [-0.25, -0.2) is 5.48 Å². The maximum absolute atomic E-state index is 13.0. The second-order valence-electron chi connectivity index (χ2n) is 7.09.